The Morgan fingerprint density at radius 3 is 2.77 bits per heavy atom. The van der Waals surface area contributed by atoms with Crippen molar-refractivity contribution in [3.63, 3.8) is 0 Å². The fraction of sp³-hybridized carbons (Fsp3) is 0.571. The summed E-state index contributed by atoms with van der Waals surface area (Å²) in [6.07, 6.45) is 3.19. The number of ether oxygens (including phenoxy) is 1. The third-order valence-electron chi connectivity index (χ3n) is 3.37. The first kappa shape index (κ1) is 16.5. The monoisotopic (exact) mass is 325 g/mol. The van der Waals surface area contributed by atoms with E-state index in [2.05, 4.69) is 14.7 Å². The summed E-state index contributed by atoms with van der Waals surface area (Å²) in [7, 11) is 1.28. The van der Waals surface area contributed by atoms with E-state index in [1.807, 2.05) is 4.90 Å². The lowest BCUT2D eigenvalue weighted by Gasteiger charge is -2.26. The Hall–Kier alpha value is -1.83. The highest BCUT2D eigenvalue weighted by Crippen LogP contribution is 2.15. The van der Waals surface area contributed by atoms with E-state index < -0.39 is 5.97 Å². The molecular formula is C14H19N3O4S. The average Bonchev–Trinajstić information content (AvgIpc) is 2.52. The molecule has 2 heterocycles. The van der Waals surface area contributed by atoms with Crippen molar-refractivity contribution >= 4 is 23.6 Å². The van der Waals surface area contributed by atoms with Gasteiger partial charge in [-0.15, -0.1) is 0 Å². The average molecular weight is 325 g/mol. The van der Waals surface area contributed by atoms with Crippen LogP contribution in [0.4, 0.5) is 0 Å². The van der Waals surface area contributed by atoms with E-state index in [0.717, 1.165) is 25.9 Å². The van der Waals surface area contributed by atoms with E-state index in [1.165, 1.54) is 31.4 Å². The quantitative estimate of drug-likeness (QED) is 0.484. The molecule has 1 aromatic heterocycles. The van der Waals surface area contributed by atoms with E-state index in [-0.39, 0.29) is 23.6 Å². The molecule has 0 atom stereocenters. The number of aromatic amines is 1. The van der Waals surface area contributed by atoms with Gasteiger partial charge in [-0.2, -0.15) is 0 Å². The van der Waals surface area contributed by atoms with Crippen LogP contribution < -0.4 is 5.56 Å². The molecule has 0 radical (unpaired) electrons. The van der Waals surface area contributed by atoms with E-state index >= 15 is 0 Å². The van der Waals surface area contributed by atoms with Gasteiger partial charge in [0.2, 0.25) is 5.91 Å². The number of carbonyl (C=O) groups is 2. The van der Waals surface area contributed by atoms with Gasteiger partial charge >= 0.3 is 5.97 Å². The summed E-state index contributed by atoms with van der Waals surface area (Å²) >= 11 is 1.18. The highest BCUT2D eigenvalue weighted by molar-refractivity contribution is 7.99. The van der Waals surface area contributed by atoms with Gasteiger partial charge in [0.15, 0.2) is 5.16 Å². The van der Waals surface area contributed by atoms with Gasteiger partial charge in [-0.25, -0.2) is 4.98 Å². The number of nitrogens with zero attached hydrogens (tertiary/aromatic N) is 2. The first-order valence-corrected chi connectivity index (χ1v) is 8.14. The first-order valence-electron chi connectivity index (χ1n) is 7.16. The van der Waals surface area contributed by atoms with E-state index in [0.29, 0.717) is 10.9 Å². The summed E-state index contributed by atoms with van der Waals surface area (Å²) in [6.45, 7) is 1.59. The zero-order valence-electron chi connectivity index (χ0n) is 12.5. The molecule has 1 amide bonds. The second kappa shape index (κ2) is 7.98. The van der Waals surface area contributed by atoms with Gasteiger partial charge in [0.1, 0.15) is 0 Å². The van der Waals surface area contributed by atoms with Gasteiger partial charge in [-0.1, -0.05) is 11.8 Å². The fourth-order valence-electron chi connectivity index (χ4n) is 2.23. The van der Waals surface area contributed by atoms with Gasteiger partial charge in [-0.05, 0) is 19.3 Å². The lowest BCUT2D eigenvalue weighted by atomic mass is 10.1. The second-order valence-electron chi connectivity index (χ2n) is 5.02. The van der Waals surface area contributed by atoms with Crippen molar-refractivity contribution < 1.29 is 14.3 Å². The standard InChI is InChI=1S/C14H19N3O4S/c1-21-13(20)8-10-7-11(18)16-14(15-10)22-9-12(19)17-5-3-2-4-6-17/h7H,2-6,8-9H2,1H3,(H,15,16,18). The Balaban J connectivity index is 1.95. The predicted molar refractivity (Wildman–Crippen MR) is 81.7 cm³/mol. The molecule has 1 aliphatic rings. The summed E-state index contributed by atoms with van der Waals surface area (Å²) < 4.78 is 4.55. The number of esters is 1. The Morgan fingerprint density at radius 1 is 1.36 bits per heavy atom. The highest BCUT2D eigenvalue weighted by Gasteiger charge is 2.17. The van der Waals surface area contributed by atoms with Gasteiger partial charge in [-0.3, -0.25) is 14.4 Å². The zero-order valence-corrected chi connectivity index (χ0v) is 13.3. The van der Waals surface area contributed by atoms with E-state index in [9.17, 15) is 14.4 Å². The van der Waals surface area contributed by atoms with Crippen molar-refractivity contribution in [1.82, 2.24) is 14.9 Å². The van der Waals surface area contributed by atoms with Crippen molar-refractivity contribution in [1.29, 1.82) is 0 Å². The van der Waals surface area contributed by atoms with Crippen LogP contribution in [0, 0.1) is 0 Å². The molecule has 0 aliphatic carbocycles. The highest BCUT2D eigenvalue weighted by atomic mass is 32.2. The number of H-pyrrole nitrogens is 1. The number of carbonyl (C=O) groups excluding carboxylic acids is 2. The lowest BCUT2D eigenvalue weighted by Crippen LogP contribution is -2.36. The molecule has 0 bridgehead atoms. The Morgan fingerprint density at radius 2 is 2.09 bits per heavy atom. The number of hydrogen-bond acceptors (Lipinski definition) is 6. The molecule has 1 fully saturated rings. The largest absolute Gasteiger partial charge is 0.469 e. The number of aromatic nitrogens is 2. The molecule has 0 spiro atoms. The van der Waals surface area contributed by atoms with Crippen LogP contribution in [-0.2, 0) is 20.7 Å². The number of thioether (sulfide) groups is 1. The molecule has 1 aliphatic heterocycles. The summed E-state index contributed by atoms with van der Waals surface area (Å²) in [4.78, 5) is 43.5. The van der Waals surface area contributed by atoms with Crippen LogP contribution >= 0.6 is 11.8 Å². The maximum absolute atomic E-state index is 12.1. The summed E-state index contributed by atoms with van der Waals surface area (Å²) in [5, 5.41) is 0.344. The normalized spacial score (nSPS) is 14.7. The number of rotatable bonds is 5. The summed E-state index contributed by atoms with van der Waals surface area (Å²) in [5.41, 5.74) is -0.00894. The minimum absolute atomic E-state index is 0.0470. The molecule has 7 nitrogen and oxygen atoms in total. The van der Waals surface area contributed by atoms with Crippen molar-refractivity contribution in [2.24, 2.45) is 0 Å². The third kappa shape index (κ3) is 4.87. The molecule has 0 aromatic carbocycles. The van der Waals surface area contributed by atoms with Gasteiger partial charge in [0, 0.05) is 19.2 Å². The van der Waals surface area contributed by atoms with Crippen LogP contribution in [0.5, 0.6) is 0 Å². The number of piperidine rings is 1. The summed E-state index contributed by atoms with van der Waals surface area (Å²) in [5.74, 6) is -0.186. The Kier molecular flexibility index (Phi) is 6.00. The van der Waals surface area contributed by atoms with Crippen LogP contribution in [0.2, 0.25) is 0 Å². The number of methoxy groups -OCH3 is 1. The molecule has 120 valence electrons. The molecule has 0 unspecified atom stereocenters. The van der Waals surface area contributed by atoms with Gasteiger partial charge in [0.25, 0.3) is 5.56 Å². The Bertz CT molecular complexity index is 596. The van der Waals surface area contributed by atoms with Crippen LogP contribution in [0.25, 0.3) is 0 Å². The number of hydrogen-bond donors (Lipinski definition) is 1. The van der Waals surface area contributed by atoms with Crippen molar-refractivity contribution in [2.75, 3.05) is 26.0 Å². The molecule has 1 N–H and O–H groups in total. The maximum atomic E-state index is 12.1. The summed E-state index contributed by atoms with van der Waals surface area (Å²) in [6, 6.07) is 1.26. The Labute approximate surface area is 132 Å². The van der Waals surface area contributed by atoms with Crippen molar-refractivity contribution in [3.8, 4) is 0 Å². The minimum atomic E-state index is -0.460. The van der Waals surface area contributed by atoms with Crippen LogP contribution in [-0.4, -0.2) is 52.7 Å². The molecular weight excluding hydrogens is 306 g/mol. The third-order valence-corrected chi connectivity index (χ3v) is 4.23. The van der Waals surface area contributed by atoms with E-state index in [1.54, 1.807) is 0 Å². The number of nitrogens with one attached hydrogen (secondary N) is 1. The minimum Gasteiger partial charge on any atom is -0.469 e. The van der Waals surface area contributed by atoms with E-state index in [4.69, 9.17) is 0 Å². The van der Waals surface area contributed by atoms with Crippen LogP contribution in [0.3, 0.4) is 0 Å². The molecule has 1 saturated heterocycles. The lowest BCUT2D eigenvalue weighted by molar-refractivity contribution is -0.139. The number of amides is 1. The van der Waals surface area contributed by atoms with Gasteiger partial charge < -0.3 is 14.6 Å². The van der Waals surface area contributed by atoms with Crippen molar-refractivity contribution in [2.45, 2.75) is 30.8 Å². The van der Waals surface area contributed by atoms with Crippen LogP contribution in [0.15, 0.2) is 16.0 Å². The number of likely N-dealkylation sites (tertiary alicyclic amines) is 1. The maximum Gasteiger partial charge on any atom is 0.311 e. The SMILES string of the molecule is COC(=O)Cc1cc(=O)[nH]c(SCC(=O)N2CCCCC2)n1. The smallest absolute Gasteiger partial charge is 0.311 e. The van der Waals surface area contributed by atoms with Gasteiger partial charge in [0.05, 0.1) is 25.0 Å². The first-order chi connectivity index (χ1) is 10.6. The topological polar surface area (TPSA) is 92.4 Å². The zero-order chi connectivity index (χ0) is 15.9. The second-order valence-corrected chi connectivity index (χ2v) is 5.99. The predicted octanol–water partition coefficient (Wildman–Crippen LogP) is 0.590. The molecule has 22 heavy (non-hydrogen) atoms. The van der Waals surface area contributed by atoms with Crippen LogP contribution in [0.1, 0.15) is 25.0 Å². The van der Waals surface area contributed by atoms with Crippen molar-refractivity contribution in [3.05, 3.63) is 22.1 Å². The fourth-order valence-corrected chi connectivity index (χ4v) is 3.02. The molecule has 0 saturated carbocycles. The molecule has 2 rings (SSSR count). The molecule has 1 aromatic rings. The molecule has 8 heteroatoms.